The lowest BCUT2D eigenvalue weighted by Gasteiger charge is -2.31. The van der Waals surface area contributed by atoms with Crippen molar-refractivity contribution >= 4 is 27.7 Å². The zero-order valence-corrected chi connectivity index (χ0v) is 17.7. The van der Waals surface area contributed by atoms with Crippen LogP contribution < -0.4 is 10.6 Å². The van der Waals surface area contributed by atoms with E-state index in [1.54, 1.807) is 0 Å². The number of H-pyrrole nitrogens is 1. The van der Waals surface area contributed by atoms with Crippen LogP contribution in [0.4, 0.5) is 10.5 Å². The number of nitrogens with zero attached hydrogens (tertiary/aromatic N) is 1. The third-order valence-electron chi connectivity index (χ3n) is 5.26. The van der Waals surface area contributed by atoms with Gasteiger partial charge in [-0.05, 0) is 43.1 Å². The van der Waals surface area contributed by atoms with Gasteiger partial charge in [0.15, 0.2) is 0 Å². The number of ether oxygens (including phenoxy) is 1. The number of aromatic nitrogens is 2. The Morgan fingerprint density at radius 3 is 2.83 bits per heavy atom. The Bertz CT molecular complexity index is 989. The molecule has 1 fully saturated rings. The first-order valence-corrected chi connectivity index (χ1v) is 10.4. The van der Waals surface area contributed by atoms with E-state index in [1.807, 2.05) is 24.4 Å². The molecule has 4 rings (SSSR count). The number of imidazole rings is 1. The molecule has 1 aromatic heterocycles. The second kappa shape index (κ2) is 8.80. The minimum atomic E-state index is -0.498. The topological polar surface area (TPSA) is 79.0 Å². The number of aromatic amines is 1. The standard InChI is InChI=1S/C22H23BrN4O2/c1-29-22(28)26-15-9-10-17(18(23)12-15)19-13-25-21(27-19)20-16(8-5-11-24-20)14-6-3-2-4-7-14/h2-4,6-7,9-10,12-13,16,20,24H,5,8,11H2,1H3,(H,25,27)(H,26,28)/t16-,20-/m0/s1. The molecular formula is C22H23BrN4O2. The summed E-state index contributed by atoms with van der Waals surface area (Å²) >= 11 is 3.59. The number of anilines is 1. The first-order valence-electron chi connectivity index (χ1n) is 9.64. The molecule has 7 heteroatoms. The summed E-state index contributed by atoms with van der Waals surface area (Å²) in [6.45, 7) is 0.988. The maximum Gasteiger partial charge on any atom is 0.411 e. The highest BCUT2D eigenvalue weighted by atomic mass is 79.9. The van der Waals surface area contributed by atoms with Crippen LogP contribution in [0, 0.1) is 0 Å². The third kappa shape index (κ3) is 4.36. The van der Waals surface area contributed by atoms with Gasteiger partial charge < -0.3 is 15.0 Å². The van der Waals surface area contributed by atoms with Gasteiger partial charge in [-0.1, -0.05) is 46.3 Å². The summed E-state index contributed by atoms with van der Waals surface area (Å²) in [5, 5.41) is 6.30. The van der Waals surface area contributed by atoms with E-state index in [4.69, 9.17) is 4.98 Å². The Kier molecular flexibility index (Phi) is 5.97. The molecule has 2 aromatic carbocycles. The number of amides is 1. The highest BCUT2D eigenvalue weighted by molar-refractivity contribution is 9.10. The monoisotopic (exact) mass is 454 g/mol. The van der Waals surface area contributed by atoms with Gasteiger partial charge in [0.25, 0.3) is 0 Å². The van der Waals surface area contributed by atoms with Gasteiger partial charge in [0.1, 0.15) is 5.82 Å². The van der Waals surface area contributed by atoms with Crippen molar-refractivity contribution in [3.05, 3.63) is 70.6 Å². The van der Waals surface area contributed by atoms with Crippen LogP contribution in [0.2, 0.25) is 0 Å². The maximum atomic E-state index is 11.4. The second-order valence-corrected chi connectivity index (χ2v) is 7.93. The number of piperidine rings is 1. The summed E-state index contributed by atoms with van der Waals surface area (Å²) in [4.78, 5) is 19.7. The smallest absolute Gasteiger partial charge is 0.411 e. The molecule has 150 valence electrons. The van der Waals surface area contributed by atoms with Crippen LogP contribution in [-0.4, -0.2) is 29.7 Å². The molecule has 1 saturated heterocycles. The van der Waals surface area contributed by atoms with Gasteiger partial charge in [-0.3, -0.25) is 5.32 Å². The molecule has 0 aliphatic carbocycles. The van der Waals surface area contributed by atoms with Crippen LogP contribution >= 0.6 is 15.9 Å². The highest BCUT2D eigenvalue weighted by Crippen LogP contribution is 2.37. The van der Waals surface area contributed by atoms with Crippen LogP contribution in [0.5, 0.6) is 0 Å². The zero-order chi connectivity index (χ0) is 20.2. The molecule has 2 heterocycles. The van der Waals surface area contributed by atoms with Gasteiger partial charge in [-0.25, -0.2) is 9.78 Å². The fourth-order valence-electron chi connectivity index (χ4n) is 3.84. The first kappa shape index (κ1) is 19.7. The molecule has 0 bridgehead atoms. The number of carbonyl (C=O) groups excluding carboxylic acids is 1. The molecule has 6 nitrogen and oxygen atoms in total. The van der Waals surface area contributed by atoms with Crippen LogP contribution in [-0.2, 0) is 4.74 Å². The van der Waals surface area contributed by atoms with Gasteiger partial charge in [0.05, 0.1) is 18.8 Å². The van der Waals surface area contributed by atoms with Crippen molar-refractivity contribution in [2.45, 2.75) is 24.8 Å². The second-order valence-electron chi connectivity index (χ2n) is 7.07. The van der Waals surface area contributed by atoms with Crippen LogP contribution in [0.15, 0.2) is 59.2 Å². The maximum absolute atomic E-state index is 11.4. The average Bonchev–Trinajstić information content (AvgIpc) is 3.24. The van der Waals surface area contributed by atoms with Gasteiger partial charge in [0, 0.05) is 27.8 Å². The summed E-state index contributed by atoms with van der Waals surface area (Å²) in [6, 6.07) is 16.4. The fourth-order valence-corrected chi connectivity index (χ4v) is 4.42. The fraction of sp³-hybridized carbons (Fsp3) is 0.273. The van der Waals surface area contributed by atoms with Crippen LogP contribution in [0.25, 0.3) is 11.3 Å². The lowest BCUT2D eigenvalue weighted by Crippen LogP contribution is -2.33. The number of benzene rings is 2. The number of halogens is 1. The summed E-state index contributed by atoms with van der Waals surface area (Å²) < 4.78 is 5.48. The van der Waals surface area contributed by atoms with Crippen molar-refractivity contribution < 1.29 is 9.53 Å². The minimum absolute atomic E-state index is 0.152. The van der Waals surface area contributed by atoms with E-state index in [0.29, 0.717) is 11.6 Å². The van der Waals surface area contributed by atoms with Gasteiger partial charge in [-0.15, -0.1) is 0 Å². The van der Waals surface area contributed by atoms with E-state index in [0.717, 1.165) is 40.9 Å². The van der Waals surface area contributed by atoms with Crippen LogP contribution in [0.3, 0.4) is 0 Å². The van der Waals surface area contributed by atoms with Crippen molar-refractivity contribution in [3.8, 4) is 11.3 Å². The van der Waals surface area contributed by atoms with Crippen molar-refractivity contribution in [3.63, 3.8) is 0 Å². The van der Waals surface area contributed by atoms with Crippen LogP contribution in [0.1, 0.15) is 36.2 Å². The Morgan fingerprint density at radius 1 is 1.24 bits per heavy atom. The molecule has 1 aliphatic rings. The van der Waals surface area contributed by atoms with E-state index in [9.17, 15) is 4.79 Å². The first-order chi connectivity index (χ1) is 14.2. The van der Waals surface area contributed by atoms with E-state index in [2.05, 4.69) is 66.6 Å². The normalized spacial score (nSPS) is 19.0. The number of rotatable bonds is 4. The molecule has 29 heavy (non-hydrogen) atoms. The van der Waals surface area contributed by atoms with Crippen molar-refractivity contribution in [2.24, 2.45) is 0 Å². The van der Waals surface area contributed by atoms with Crippen molar-refractivity contribution in [1.82, 2.24) is 15.3 Å². The molecule has 1 amide bonds. The predicted molar refractivity (Wildman–Crippen MR) is 117 cm³/mol. The number of carbonyl (C=O) groups is 1. The van der Waals surface area contributed by atoms with E-state index >= 15 is 0 Å². The zero-order valence-electron chi connectivity index (χ0n) is 16.1. The quantitative estimate of drug-likeness (QED) is 0.504. The Morgan fingerprint density at radius 2 is 2.07 bits per heavy atom. The molecule has 1 aliphatic heterocycles. The average molecular weight is 455 g/mol. The summed E-state index contributed by atoms with van der Waals surface area (Å²) in [5.74, 6) is 1.33. The molecule has 0 saturated carbocycles. The molecule has 3 aromatic rings. The van der Waals surface area contributed by atoms with E-state index in [-0.39, 0.29) is 6.04 Å². The molecule has 0 spiro atoms. The van der Waals surface area contributed by atoms with Gasteiger partial charge in [-0.2, -0.15) is 0 Å². The summed E-state index contributed by atoms with van der Waals surface area (Å²) in [6.07, 6.45) is 3.72. The molecule has 0 unspecified atom stereocenters. The number of methoxy groups -OCH3 is 1. The van der Waals surface area contributed by atoms with Crippen molar-refractivity contribution in [1.29, 1.82) is 0 Å². The lowest BCUT2D eigenvalue weighted by atomic mass is 9.84. The molecule has 3 N–H and O–H groups in total. The summed E-state index contributed by atoms with van der Waals surface area (Å²) in [5.41, 5.74) is 3.80. The van der Waals surface area contributed by atoms with Crippen molar-refractivity contribution in [2.75, 3.05) is 19.0 Å². The molecule has 0 radical (unpaired) electrons. The Hall–Kier alpha value is -2.64. The minimum Gasteiger partial charge on any atom is -0.453 e. The Labute approximate surface area is 178 Å². The third-order valence-corrected chi connectivity index (χ3v) is 5.91. The number of nitrogens with one attached hydrogen (secondary N) is 3. The number of hydrogen-bond donors (Lipinski definition) is 3. The number of hydrogen-bond acceptors (Lipinski definition) is 4. The predicted octanol–water partition coefficient (Wildman–Crippen LogP) is 5.23. The summed E-state index contributed by atoms with van der Waals surface area (Å²) in [7, 11) is 1.34. The lowest BCUT2D eigenvalue weighted by molar-refractivity contribution is 0.187. The van der Waals surface area contributed by atoms with E-state index in [1.165, 1.54) is 12.7 Å². The molecule has 2 atom stereocenters. The molecular weight excluding hydrogens is 432 g/mol. The van der Waals surface area contributed by atoms with E-state index < -0.39 is 6.09 Å². The Balaban J connectivity index is 1.58. The SMILES string of the molecule is COC(=O)Nc1ccc(-c2c[nH]c([C@H]3NCCC[C@H]3c3ccccc3)n2)c(Br)c1. The highest BCUT2D eigenvalue weighted by Gasteiger charge is 2.29. The van der Waals surface area contributed by atoms with Gasteiger partial charge in [0.2, 0.25) is 0 Å². The largest absolute Gasteiger partial charge is 0.453 e. The van der Waals surface area contributed by atoms with Gasteiger partial charge >= 0.3 is 6.09 Å².